The Morgan fingerprint density at radius 1 is 1.38 bits per heavy atom. The zero-order valence-electron chi connectivity index (χ0n) is 9.95. The summed E-state index contributed by atoms with van der Waals surface area (Å²) in [5.74, 6) is 1.35. The molecule has 16 heavy (non-hydrogen) atoms. The Hall–Kier alpha value is -1.31. The lowest BCUT2D eigenvalue weighted by molar-refractivity contribution is -0.121. The summed E-state index contributed by atoms with van der Waals surface area (Å²) in [5.41, 5.74) is 2.51. The Labute approximate surface area is 96.6 Å². The lowest BCUT2D eigenvalue weighted by Gasteiger charge is -2.24. The number of Topliss-reactive ketones (excluding diaryl/α,β-unsaturated/α-hetero) is 1. The van der Waals surface area contributed by atoms with Crippen LogP contribution in [-0.2, 0) is 11.2 Å². The Balaban J connectivity index is 2.39. The van der Waals surface area contributed by atoms with Gasteiger partial charge in [0.25, 0.3) is 0 Å². The average Bonchev–Trinajstić information content (AvgIpc) is 2.32. The topological polar surface area (TPSA) is 26.3 Å². The molecular formula is C14H18O2. The molecule has 0 aromatic heterocycles. The molecule has 0 saturated heterocycles. The fourth-order valence-corrected chi connectivity index (χ4v) is 2.46. The zero-order chi connectivity index (χ0) is 11.5. The molecule has 0 aliphatic heterocycles. The molecule has 1 aromatic rings. The molecule has 86 valence electrons. The molecule has 1 atom stereocenters. The van der Waals surface area contributed by atoms with Crippen molar-refractivity contribution in [2.75, 3.05) is 7.11 Å². The molecule has 0 saturated carbocycles. The standard InChI is InChI=1S/C14H18O2/c1-3-4-12-13-9-11(16-2)7-5-10(13)6-8-14(12)15/h5,7,9,12H,3-4,6,8H2,1-2H3. The van der Waals surface area contributed by atoms with Gasteiger partial charge in [0.05, 0.1) is 7.11 Å². The van der Waals surface area contributed by atoms with Crippen molar-refractivity contribution in [1.82, 2.24) is 0 Å². The molecule has 0 spiro atoms. The Bertz CT molecular complexity index is 396. The first-order valence-corrected chi connectivity index (χ1v) is 5.95. The number of rotatable bonds is 3. The molecular weight excluding hydrogens is 200 g/mol. The van der Waals surface area contributed by atoms with Crippen LogP contribution in [0.15, 0.2) is 18.2 Å². The molecule has 1 aliphatic carbocycles. The third kappa shape index (κ3) is 1.97. The van der Waals surface area contributed by atoms with Gasteiger partial charge in [-0.15, -0.1) is 0 Å². The number of aryl methyl sites for hydroxylation is 1. The second-order valence-corrected chi connectivity index (χ2v) is 4.37. The third-order valence-electron chi connectivity index (χ3n) is 3.34. The molecule has 2 nitrogen and oxygen atoms in total. The van der Waals surface area contributed by atoms with Crippen LogP contribution in [-0.4, -0.2) is 12.9 Å². The molecule has 1 unspecified atom stereocenters. The summed E-state index contributed by atoms with van der Waals surface area (Å²) in [7, 11) is 1.67. The van der Waals surface area contributed by atoms with E-state index in [1.165, 1.54) is 11.1 Å². The highest BCUT2D eigenvalue weighted by Gasteiger charge is 2.26. The predicted molar refractivity (Wildman–Crippen MR) is 64.0 cm³/mol. The maximum atomic E-state index is 11.9. The van der Waals surface area contributed by atoms with Gasteiger partial charge in [-0.1, -0.05) is 19.4 Å². The minimum absolute atomic E-state index is 0.101. The van der Waals surface area contributed by atoms with Crippen LogP contribution in [0.3, 0.4) is 0 Å². The zero-order valence-corrected chi connectivity index (χ0v) is 9.95. The molecule has 0 fully saturated rings. The summed E-state index contributed by atoms with van der Waals surface area (Å²) in [4.78, 5) is 11.9. The first kappa shape index (κ1) is 11.2. The maximum absolute atomic E-state index is 11.9. The Kier molecular flexibility index (Phi) is 3.28. The van der Waals surface area contributed by atoms with E-state index in [1.807, 2.05) is 12.1 Å². The summed E-state index contributed by atoms with van der Waals surface area (Å²) in [6, 6.07) is 6.12. The number of methoxy groups -OCH3 is 1. The van der Waals surface area contributed by atoms with E-state index < -0.39 is 0 Å². The van der Waals surface area contributed by atoms with E-state index in [4.69, 9.17) is 4.74 Å². The fraction of sp³-hybridized carbons (Fsp3) is 0.500. The van der Waals surface area contributed by atoms with Gasteiger partial charge in [-0.25, -0.2) is 0 Å². The lowest BCUT2D eigenvalue weighted by atomic mass is 9.79. The van der Waals surface area contributed by atoms with Crippen molar-refractivity contribution >= 4 is 5.78 Å². The van der Waals surface area contributed by atoms with Crippen molar-refractivity contribution in [2.45, 2.75) is 38.5 Å². The maximum Gasteiger partial charge on any atom is 0.140 e. The highest BCUT2D eigenvalue weighted by atomic mass is 16.5. The normalized spacial score (nSPS) is 19.4. The summed E-state index contributed by atoms with van der Waals surface area (Å²) in [6.07, 6.45) is 3.59. The quantitative estimate of drug-likeness (QED) is 0.779. The van der Waals surface area contributed by atoms with E-state index in [1.54, 1.807) is 7.11 Å². The van der Waals surface area contributed by atoms with Crippen LogP contribution in [0.2, 0.25) is 0 Å². The van der Waals surface area contributed by atoms with Crippen molar-refractivity contribution in [2.24, 2.45) is 0 Å². The molecule has 1 aromatic carbocycles. The van der Waals surface area contributed by atoms with Crippen LogP contribution in [0.1, 0.15) is 43.2 Å². The van der Waals surface area contributed by atoms with Gasteiger partial charge in [0.15, 0.2) is 0 Å². The minimum atomic E-state index is 0.101. The van der Waals surface area contributed by atoms with E-state index >= 15 is 0 Å². The van der Waals surface area contributed by atoms with E-state index in [2.05, 4.69) is 13.0 Å². The molecule has 2 rings (SSSR count). The molecule has 2 heteroatoms. The summed E-state index contributed by atoms with van der Waals surface area (Å²) >= 11 is 0. The molecule has 0 N–H and O–H groups in total. The largest absolute Gasteiger partial charge is 0.497 e. The van der Waals surface area contributed by atoms with Crippen LogP contribution in [0.5, 0.6) is 5.75 Å². The van der Waals surface area contributed by atoms with Crippen molar-refractivity contribution in [1.29, 1.82) is 0 Å². The SMILES string of the molecule is CCCC1C(=O)CCc2ccc(OC)cc21. The average molecular weight is 218 g/mol. The third-order valence-corrected chi connectivity index (χ3v) is 3.34. The van der Waals surface area contributed by atoms with Crippen molar-refractivity contribution in [3.63, 3.8) is 0 Å². The fourth-order valence-electron chi connectivity index (χ4n) is 2.46. The van der Waals surface area contributed by atoms with E-state index in [0.717, 1.165) is 25.0 Å². The number of hydrogen-bond acceptors (Lipinski definition) is 2. The molecule has 0 amide bonds. The van der Waals surface area contributed by atoms with Crippen LogP contribution >= 0.6 is 0 Å². The smallest absolute Gasteiger partial charge is 0.140 e. The second-order valence-electron chi connectivity index (χ2n) is 4.37. The van der Waals surface area contributed by atoms with Crippen LogP contribution in [0.25, 0.3) is 0 Å². The van der Waals surface area contributed by atoms with Crippen molar-refractivity contribution in [3.05, 3.63) is 29.3 Å². The molecule has 0 bridgehead atoms. The van der Waals surface area contributed by atoms with Gasteiger partial charge in [-0.2, -0.15) is 0 Å². The van der Waals surface area contributed by atoms with E-state index in [-0.39, 0.29) is 5.92 Å². The van der Waals surface area contributed by atoms with Crippen LogP contribution in [0, 0.1) is 0 Å². The molecule has 0 radical (unpaired) electrons. The number of fused-ring (bicyclic) bond motifs is 1. The number of benzene rings is 1. The predicted octanol–water partition coefficient (Wildman–Crippen LogP) is 3.09. The monoisotopic (exact) mass is 218 g/mol. The number of hydrogen-bond donors (Lipinski definition) is 0. The Morgan fingerprint density at radius 2 is 2.19 bits per heavy atom. The van der Waals surface area contributed by atoms with Gasteiger partial charge < -0.3 is 4.74 Å². The first-order chi connectivity index (χ1) is 7.76. The number of carbonyl (C=O) groups excluding carboxylic acids is 1. The highest BCUT2D eigenvalue weighted by Crippen LogP contribution is 2.34. The summed E-state index contributed by atoms with van der Waals surface area (Å²) < 4.78 is 5.23. The summed E-state index contributed by atoms with van der Waals surface area (Å²) in [5, 5.41) is 0. The van der Waals surface area contributed by atoms with Crippen molar-refractivity contribution < 1.29 is 9.53 Å². The lowest BCUT2D eigenvalue weighted by Crippen LogP contribution is -2.20. The molecule has 0 heterocycles. The van der Waals surface area contributed by atoms with Crippen molar-refractivity contribution in [3.8, 4) is 5.75 Å². The van der Waals surface area contributed by atoms with Gasteiger partial charge in [0, 0.05) is 12.3 Å². The van der Waals surface area contributed by atoms with Gasteiger partial charge in [0.2, 0.25) is 0 Å². The van der Waals surface area contributed by atoms with Crippen LogP contribution < -0.4 is 4.74 Å². The van der Waals surface area contributed by atoms with Gasteiger partial charge in [-0.3, -0.25) is 4.79 Å². The summed E-state index contributed by atoms with van der Waals surface area (Å²) in [6.45, 7) is 2.13. The molecule has 1 aliphatic rings. The van der Waals surface area contributed by atoms with Crippen LogP contribution in [0.4, 0.5) is 0 Å². The van der Waals surface area contributed by atoms with Gasteiger partial charge in [-0.05, 0) is 36.1 Å². The number of ether oxygens (including phenoxy) is 1. The van der Waals surface area contributed by atoms with E-state index in [0.29, 0.717) is 12.2 Å². The number of carbonyl (C=O) groups is 1. The minimum Gasteiger partial charge on any atom is -0.497 e. The number of ketones is 1. The first-order valence-electron chi connectivity index (χ1n) is 5.95. The van der Waals surface area contributed by atoms with E-state index in [9.17, 15) is 4.79 Å². The second kappa shape index (κ2) is 4.69. The highest BCUT2D eigenvalue weighted by molar-refractivity contribution is 5.88. The Morgan fingerprint density at radius 3 is 2.88 bits per heavy atom. The van der Waals surface area contributed by atoms with Gasteiger partial charge >= 0.3 is 0 Å². The van der Waals surface area contributed by atoms with Gasteiger partial charge in [0.1, 0.15) is 11.5 Å².